The van der Waals surface area contributed by atoms with Crippen LogP contribution in [-0.2, 0) is 11.3 Å². The molecule has 0 fully saturated rings. The van der Waals surface area contributed by atoms with Crippen LogP contribution in [0.2, 0.25) is 10.0 Å². The highest BCUT2D eigenvalue weighted by molar-refractivity contribution is 6.38. The SMILES string of the molecule is CCOC(=O)Oc1c(Cl)c2cc(Cl)ccc2n1Cc1ccncc1. The number of nitrogens with zero attached hydrogens (tertiary/aromatic N) is 2. The lowest BCUT2D eigenvalue weighted by molar-refractivity contribution is 0.101. The molecule has 3 rings (SSSR count). The lowest BCUT2D eigenvalue weighted by Gasteiger charge is -2.11. The van der Waals surface area contributed by atoms with Crippen molar-refractivity contribution in [3.05, 3.63) is 58.3 Å². The quantitative estimate of drug-likeness (QED) is 0.616. The van der Waals surface area contributed by atoms with E-state index in [1.165, 1.54) is 0 Å². The minimum absolute atomic E-state index is 0.215. The molecule has 2 aromatic heterocycles. The molecule has 0 N–H and O–H groups in total. The van der Waals surface area contributed by atoms with Crippen molar-refractivity contribution in [2.24, 2.45) is 0 Å². The van der Waals surface area contributed by atoms with Gasteiger partial charge in [0.1, 0.15) is 5.02 Å². The van der Waals surface area contributed by atoms with Crippen LogP contribution >= 0.6 is 23.2 Å². The zero-order valence-electron chi connectivity index (χ0n) is 12.8. The molecule has 0 atom stereocenters. The van der Waals surface area contributed by atoms with Crippen LogP contribution in [0.1, 0.15) is 12.5 Å². The van der Waals surface area contributed by atoms with Crippen molar-refractivity contribution < 1.29 is 14.3 Å². The summed E-state index contributed by atoms with van der Waals surface area (Å²) in [4.78, 5) is 15.8. The number of benzene rings is 1. The Morgan fingerprint density at radius 2 is 1.96 bits per heavy atom. The van der Waals surface area contributed by atoms with E-state index in [4.69, 9.17) is 32.7 Å². The molecule has 2 heterocycles. The van der Waals surface area contributed by atoms with Crippen LogP contribution in [0.15, 0.2) is 42.7 Å². The molecule has 0 aliphatic rings. The van der Waals surface area contributed by atoms with E-state index in [0.29, 0.717) is 22.0 Å². The van der Waals surface area contributed by atoms with E-state index in [1.807, 2.05) is 18.2 Å². The molecule has 0 aliphatic heterocycles. The van der Waals surface area contributed by atoms with E-state index >= 15 is 0 Å². The second kappa shape index (κ2) is 7.11. The largest absolute Gasteiger partial charge is 0.515 e. The number of carbonyl (C=O) groups excluding carboxylic acids is 1. The Balaban J connectivity index is 2.11. The van der Waals surface area contributed by atoms with Crippen molar-refractivity contribution in [1.82, 2.24) is 9.55 Å². The minimum Gasteiger partial charge on any atom is -0.434 e. The van der Waals surface area contributed by atoms with Crippen LogP contribution in [0, 0.1) is 0 Å². The van der Waals surface area contributed by atoms with Crippen molar-refractivity contribution in [2.75, 3.05) is 6.61 Å². The molecule has 7 heteroatoms. The number of halogens is 2. The van der Waals surface area contributed by atoms with Gasteiger partial charge in [-0.1, -0.05) is 23.2 Å². The predicted octanol–water partition coefficient (Wildman–Crippen LogP) is 4.93. The standard InChI is InChI=1S/C17H14Cl2N2O3/c1-2-23-17(22)24-16-15(19)13-9-12(18)3-4-14(13)21(16)10-11-5-7-20-8-6-11/h3-9H,2,10H2,1H3. The summed E-state index contributed by atoms with van der Waals surface area (Å²) >= 11 is 12.5. The zero-order chi connectivity index (χ0) is 17.1. The van der Waals surface area contributed by atoms with Crippen LogP contribution in [0.4, 0.5) is 4.79 Å². The smallest absolute Gasteiger partial charge is 0.434 e. The number of aromatic nitrogens is 2. The highest BCUT2D eigenvalue weighted by Gasteiger charge is 2.21. The van der Waals surface area contributed by atoms with E-state index in [1.54, 1.807) is 36.0 Å². The first-order valence-corrected chi connectivity index (χ1v) is 8.06. The van der Waals surface area contributed by atoms with Crippen LogP contribution in [0.5, 0.6) is 5.88 Å². The monoisotopic (exact) mass is 364 g/mol. The molecule has 0 saturated heterocycles. The van der Waals surface area contributed by atoms with Crippen molar-refractivity contribution in [3.63, 3.8) is 0 Å². The maximum atomic E-state index is 11.8. The van der Waals surface area contributed by atoms with Crippen molar-refractivity contribution in [2.45, 2.75) is 13.5 Å². The first-order valence-electron chi connectivity index (χ1n) is 7.31. The Bertz CT molecular complexity index is 878. The Morgan fingerprint density at radius 1 is 1.21 bits per heavy atom. The highest BCUT2D eigenvalue weighted by atomic mass is 35.5. The van der Waals surface area contributed by atoms with Crippen LogP contribution in [-0.4, -0.2) is 22.3 Å². The Hall–Kier alpha value is -2.24. The number of ether oxygens (including phenoxy) is 2. The molecule has 3 aromatic rings. The van der Waals surface area contributed by atoms with Gasteiger partial charge in [0.05, 0.1) is 18.7 Å². The zero-order valence-corrected chi connectivity index (χ0v) is 14.3. The second-order valence-corrected chi connectivity index (χ2v) is 5.82. The molecular formula is C17H14Cl2N2O3. The third-order valence-electron chi connectivity index (χ3n) is 3.45. The summed E-state index contributed by atoms with van der Waals surface area (Å²) in [5.74, 6) is 0.226. The third-order valence-corrected chi connectivity index (χ3v) is 4.05. The molecule has 0 radical (unpaired) electrons. The van der Waals surface area contributed by atoms with Crippen LogP contribution in [0.25, 0.3) is 10.9 Å². The molecule has 0 amide bonds. The fourth-order valence-corrected chi connectivity index (χ4v) is 2.88. The molecule has 0 spiro atoms. The van der Waals surface area contributed by atoms with Gasteiger partial charge in [-0.05, 0) is 42.8 Å². The molecular weight excluding hydrogens is 351 g/mol. The van der Waals surface area contributed by atoms with Gasteiger partial charge >= 0.3 is 6.16 Å². The topological polar surface area (TPSA) is 53.4 Å². The number of hydrogen-bond donors (Lipinski definition) is 0. The van der Waals surface area contributed by atoms with Gasteiger partial charge in [-0.2, -0.15) is 0 Å². The van der Waals surface area contributed by atoms with E-state index in [0.717, 1.165) is 11.1 Å². The minimum atomic E-state index is -0.802. The molecule has 0 unspecified atom stereocenters. The number of pyridine rings is 1. The summed E-state index contributed by atoms with van der Waals surface area (Å²) in [6.07, 6.45) is 2.60. The normalized spacial score (nSPS) is 10.8. The van der Waals surface area contributed by atoms with Crippen molar-refractivity contribution in [1.29, 1.82) is 0 Å². The van der Waals surface area contributed by atoms with Crippen LogP contribution < -0.4 is 4.74 Å². The van der Waals surface area contributed by atoms with Gasteiger partial charge in [-0.15, -0.1) is 0 Å². The van der Waals surface area contributed by atoms with Gasteiger partial charge in [0, 0.05) is 22.8 Å². The molecule has 0 aliphatic carbocycles. The van der Waals surface area contributed by atoms with Gasteiger partial charge in [0.2, 0.25) is 5.88 Å². The summed E-state index contributed by atoms with van der Waals surface area (Å²) in [6, 6.07) is 9.09. The van der Waals surface area contributed by atoms with Crippen molar-refractivity contribution in [3.8, 4) is 5.88 Å². The molecule has 124 valence electrons. The third kappa shape index (κ3) is 3.32. The molecule has 0 bridgehead atoms. The van der Waals surface area contributed by atoms with Gasteiger partial charge in [0.25, 0.3) is 0 Å². The van der Waals surface area contributed by atoms with Gasteiger partial charge in [0.15, 0.2) is 0 Å². The second-order valence-electron chi connectivity index (χ2n) is 5.01. The van der Waals surface area contributed by atoms with Gasteiger partial charge in [-0.3, -0.25) is 4.98 Å². The summed E-state index contributed by atoms with van der Waals surface area (Å²) < 4.78 is 12.0. The fraction of sp³-hybridized carbons (Fsp3) is 0.176. The van der Waals surface area contributed by atoms with Crippen LogP contribution in [0.3, 0.4) is 0 Å². The maximum Gasteiger partial charge on any atom is 0.515 e. The van der Waals surface area contributed by atoms with E-state index in [2.05, 4.69) is 4.98 Å². The summed E-state index contributed by atoms with van der Waals surface area (Å²) in [7, 11) is 0. The van der Waals surface area contributed by atoms with E-state index in [9.17, 15) is 4.79 Å². The van der Waals surface area contributed by atoms with Crippen molar-refractivity contribution >= 4 is 40.3 Å². The Kier molecular flexibility index (Phi) is 4.92. The maximum absolute atomic E-state index is 11.8. The first kappa shape index (κ1) is 16.6. The Labute approximate surface area is 148 Å². The van der Waals surface area contributed by atoms with Gasteiger partial charge < -0.3 is 14.0 Å². The Morgan fingerprint density at radius 3 is 2.67 bits per heavy atom. The summed E-state index contributed by atoms with van der Waals surface area (Å²) in [5, 5.41) is 1.57. The van der Waals surface area contributed by atoms with Gasteiger partial charge in [-0.25, -0.2) is 4.79 Å². The number of hydrogen-bond acceptors (Lipinski definition) is 4. The lowest BCUT2D eigenvalue weighted by atomic mass is 10.2. The molecule has 24 heavy (non-hydrogen) atoms. The molecule has 5 nitrogen and oxygen atoms in total. The lowest BCUT2D eigenvalue weighted by Crippen LogP contribution is -2.13. The average molecular weight is 365 g/mol. The molecule has 1 aromatic carbocycles. The van der Waals surface area contributed by atoms with E-state index in [-0.39, 0.29) is 12.5 Å². The average Bonchev–Trinajstić information content (AvgIpc) is 2.81. The summed E-state index contributed by atoms with van der Waals surface area (Å²) in [5.41, 5.74) is 1.79. The van der Waals surface area contributed by atoms with E-state index < -0.39 is 6.16 Å². The first-order chi connectivity index (χ1) is 11.6. The molecule has 0 saturated carbocycles. The summed E-state index contributed by atoms with van der Waals surface area (Å²) in [6.45, 7) is 2.38. The highest BCUT2D eigenvalue weighted by Crippen LogP contribution is 2.38. The number of carbonyl (C=O) groups is 1. The number of fused-ring (bicyclic) bond motifs is 1. The predicted molar refractivity (Wildman–Crippen MR) is 92.9 cm³/mol. The fourth-order valence-electron chi connectivity index (χ4n) is 2.42. The number of rotatable bonds is 4.